The number of rotatable bonds is 1. The van der Waals surface area contributed by atoms with Crippen molar-refractivity contribution in [2.75, 3.05) is 6.54 Å². The van der Waals surface area contributed by atoms with Gasteiger partial charge in [-0.05, 0) is 12.0 Å². The van der Waals surface area contributed by atoms with E-state index in [0.717, 1.165) is 12.1 Å². The molecule has 1 aliphatic carbocycles. The molecule has 0 aromatic rings. The molecule has 2 rings (SSSR count). The van der Waals surface area contributed by atoms with E-state index in [2.05, 4.69) is 22.1 Å². The maximum absolute atomic E-state index is 5.41. The molecule has 0 fully saturated rings. The Hall–Kier alpha value is -1.38. The van der Waals surface area contributed by atoms with Crippen LogP contribution in [-0.2, 0) is 0 Å². The lowest BCUT2D eigenvalue weighted by Crippen LogP contribution is -2.05. The zero-order chi connectivity index (χ0) is 7.68. The summed E-state index contributed by atoms with van der Waals surface area (Å²) in [7, 11) is 0. The number of guanidine groups is 1. The van der Waals surface area contributed by atoms with Crippen LogP contribution in [0.2, 0.25) is 0 Å². The molecule has 0 atom stereocenters. The Bertz CT molecular complexity index is 294. The average Bonchev–Trinajstić information content (AvgIpc) is 2.55. The predicted octanol–water partition coefficient (Wildman–Crippen LogP) is 0.642. The first kappa shape index (κ1) is 6.34. The van der Waals surface area contributed by atoms with Crippen molar-refractivity contribution in [3.05, 3.63) is 23.8 Å². The Morgan fingerprint density at radius 1 is 1.45 bits per heavy atom. The summed E-state index contributed by atoms with van der Waals surface area (Å²) in [5, 5.41) is 0. The molecule has 56 valence electrons. The van der Waals surface area contributed by atoms with Crippen LogP contribution in [0.4, 0.5) is 0 Å². The highest BCUT2D eigenvalue weighted by molar-refractivity contribution is 6.11. The monoisotopic (exact) mass is 147 g/mol. The molecular weight excluding hydrogens is 138 g/mol. The van der Waals surface area contributed by atoms with Crippen molar-refractivity contribution < 1.29 is 0 Å². The van der Waals surface area contributed by atoms with Crippen LogP contribution in [-0.4, -0.2) is 18.2 Å². The van der Waals surface area contributed by atoms with Crippen molar-refractivity contribution in [3.8, 4) is 0 Å². The molecule has 0 unspecified atom stereocenters. The normalized spacial score (nSPS) is 21.6. The topological polar surface area (TPSA) is 50.7 Å². The molecule has 0 aromatic carbocycles. The van der Waals surface area contributed by atoms with Crippen molar-refractivity contribution >= 4 is 11.7 Å². The fourth-order valence-corrected chi connectivity index (χ4v) is 1.20. The zero-order valence-corrected chi connectivity index (χ0v) is 6.12. The van der Waals surface area contributed by atoms with Gasteiger partial charge in [0.25, 0.3) is 0 Å². The van der Waals surface area contributed by atoms with Crippen LogP contribution in [0.15, 0.2) is 33.8 Å². The second kappa shape index (κ2) is 2.34. The molecule has 3 heteroatoms. The fraction of sp³-hybridized carbons (Fsp3) is 0.250. The zero-order valence-electron chi connectivity index (χ0n) is 6.12. The van der Waals surface area contributed by atoms with E-state index in [1.807, 2.05) is 6.08 Å². The molecule has 1 aliphatic heterocycles. The van der Waals surface area contributed by atoms with Crippen molar-refractivity contribution in [2.45, 2.75) is 6.42 Å². The van der Waals surface area contributed by atoms with Crippen LogP contribution in [0.25, 0.3) is 0 Å². The highest BCUT2D eigenvalue weighted by Gasteiger charge is 2.12. The fourth-order valence-electron chi connectivity index (χ4n) is 1.20. The lowest BCUT2D eigenvalue weighted by atomic mass is 10.1. The number of allylic oxidation sites excluding steroid dienone is 3. The Kier molecular flexibility index (Phi) is 1.35. The van der Waals surface area contributed by atoms with Crippen molar-refractivity contribution in [1.82, 2.24) is 0 Å². The largest absolute Gasteiger partial charge is 0.368 e. The summed E-state index contributed by atoms with van der Waals surface area (Å²) in [6.07, 6.45) is 7.17. The molecule has 1 heterocycles. The molecule has 2 aliphatic rings. The van der Waals surface area contributed by atoms with Gasteiger partial charge in [0.2, 0.25) is 5.96 Å². The van der Waals surface area contributed by atoms with Gasteiger partial charge < -0.3 is 5.73 Å². The van der Waals surface area contributed by atoms with Gasteiger partial charge in [0.05, 0.1) is 12.3 Å². The maximum atomic E-state index is 5.41. The van der Waals surface area contributed by atoms with Gasteiger partial charge in [-0.15, -0.1) is 0 Å². The van der Waals surface area contributed by atoms with Gasteiger partial charge in [-0.2, -0.15) is 0 Å². The maximum Gasteiger partial charge on any atom is 0.215 e. The minimum absolute atomic E-state index is 0.410. The Balaban J connectivity index is 2.15. The summed E-state index contributed by atoms with van der Waals surface area (Å²) in [5.41, 5.74) is 7.67. The van der Waals surface area contributed by atoms with Gasteiger partial charge in [0, 0.05) is 0 Å². The number of aliphatic imine (C=N–C) groups is 2. The minimum Gasteiger partial charge on any atom is -0.368 e. The van der Waals surface area contributed by atoms with E-state index in [0.29, 0.717) is 12.5 Å². The third kappa shape index (κ3) is 1.09. The average molecular weight is 147 g/mol. The van der Waals surface area contributed by atoms with Crippen LogP contribution in [0.1, 0.15) is 6.42 Å². The Labute approximate surface area is 65.0 Å². The van der Waals surface area contributed by atoms with Crippen LogP contribution >= 0.6 is 0 Å². The Morgan fingerprint density at radius 3 is 2.91 bits per heavy atom. The number of nitrogens with zero attached hydrogens (tertiary/aromatic N) is 2. The Morgan fingerprint density at radius 2 is 2.36 bits per heavy atom. The smallest absolute Gasteiger partial charge is 0.215 e. The van der Waals surface area contributed by atoms with E-state index < -0.39 is 0 Å². The molecule has 2 N–H and O–H groups in total. The SMILES string of the molecule is NC1=NCC(C2=CC=CC2)=N1. The quantitative estimate of drug-likeness (QED) is 0.581. The van der Waals surface area contributed by atoms with Gasteiger partial charge in [0.1, 0.15) is 0 Å². The molecule has 0 amide bonds. The second-order valence-electron chi connectivity index (χ2n) is 2.56. The van der Waals surface area contributed by atoms with Gasteiger partial charge in [-0.1, -0.05) is 18.2 Å². The molecular formula is C8H9N3. The van der Waals surface area contributed by atoms with E-state index in [1.165, 1.54) is 5.57 Å². The standard InChI is InChI=1S/C8H9N3/c9-8-10-5-7(11-8)6-3-1-2-4-6/h1-3H,4-5H2,(H2,9,10). The first-order valence-corrected chi connectivity index (χ1v) is 3.60. The molecule has 11 heavy (non-hydrogen) atoms. The minimum atomic E-state index is 0.410. The van der Waals surface area contributed by atoms with Gasteiger partial charge in [-0.3, -0.25) is 0 Å². The van der Waals surface area contributed by atoms with Crippen LogP contribution in [0, 0.1) is 0 Å². The lowest BCUT2D eigenvalue weighted by Gasteiger charge is -1.96. The molecule has 3 nitrogen and oxygen atoms in total. The molecule has 0 radical (unpaired) electrons. The molecule has 0 spiro atoms. The first-order chi connectivity index (χ1) is 5.36. The van der Waals surface area contributed by atoms with Gasteiger partial charge in [0.15, 0.2) is 0 Å². The molecule has 0 saturated carbocycles. The number of nitrogens with two attached hydrogens (primary N) is 1. The third-order valence-electron chi connectivity index (χ3n) is 1.78. The van der Waals surface area contributed by atoms with Gasteiger partial charge in [-0.25, -0.2) is 9.98 Å². The highest BCUT2D eigenvalue weighted by atomic mass is 15.1. The predicted molar refractivity (Wildman–Crippen MR) is 45.8 cm³/mol. The lowest BCUT2D eigenvalue weighted by molar-refractivity contribution is 1.28. The van der Waals surface area contributed by atoms with E-state index in [4.69, 9.17) is 5.73 Å². The molecule has 0 aromatic heterocycles. The van der Waals surface area contributed by atoms with E-state index in [1.54, 1.807) is 0 Å². The van der Waals surface area contributed by atoms with Crippen LogP contribution < -0.4 is 5.73 Å². The summed E-state index contributed by atoms with van der Waals surface area (Å²) in [6.45, 7) is 0.652. The highest BCUT2D eigenvalue weighted by Crippen LogP contribution is 2.14. The first-order valence-electron chi connectivity index (χ1n) is 3.60. The summed E-state index contributed by atoms with van der Waals surface area (Å²) in [4.78, 5) is 8.09. The van der Waals surface area contributed by atoms with Crippen molar-refractivity contribution in [1.29, 1.82) is 0 Å². The molecule has 0 bridgehead atoms. The van der Waals surface area contributed by atoms with E-state index in [9.17, 15) is 0 Å². The summed E-state index contributed by atoms with van der Waals surface area (Å²) >= 11 is 0. The van der Waals surface area contributed by atoms with E-state index >= 15 is 0 Å². The van der Waals surface area contributed by atoms with E-state index in [-0.39, 0.29) is 0 Å². The summed E-state index contributed by atoms with van der Waals surface area (Å²) < 4.78 is 0. The molecule has 0 saturated heterocycles. The summed E-state index contributed by atoms with van der Waals surface area (Å²) in [6, 6.07) is 0. The summed E-state index contributed by atoms with van der Waals surface area (Å²) in [5.74, 6) is 0.410. The third-order valence-corrected chi connectivity index (χ3v) is 1.78. The van der Waals surface area contributed by atoms with Crippen LogP contribution in [0.5, 0.6) is 0 Å². The second-order valence-corrected chi connectivity index (χ2v) is 2.56. The van der Waals surface area contributed by atoms with Gasteiger partial charge >= 0.3 is 0 Å². The van der Waals surface area contributed by atoms with Crippen molar-refractivity contribution in [3.63, 3.8) is 0 Å². The number of hydrogen-bond acceptors (Lipinski definition) is 3. The van der Waals surface area contributed by atoms with Crippen LogP contribution in [0.3, 0.4) is 0 Å². The van der Waals surface area contributed by atoms with Crippen molar-refractivity contribution in [2.24, 2.45) is 15.7 Å². The number of hydrogen-bond donors (Lipinski definition) is 1.